The van der Waals surface area contributed by atoms with Crippen LogP contribution in [0.5, 0.6) is 0 Å². The van der Waals surface area contributed by atoms with Crippen molar-refractivity contribution in [3.05, 3.63) is 0 Å². The minimum Gasteiger partial charge on any atom is -0.378 e. The Hall–Kier alpha value is 0.200. The first-order valence-corrected chi connectivity index (χ1v) is 6.33. The third kappa shape index (κ3) is 8.30. The molecule has 0 aliphatic rings. The van der Waals surface area contributed by atoms with Crippen LogP contribution in [0.1, 0.15) is 20.8 Å². The normalized spacial score (nSPS) is 15.1. The number of rotatable bonds is 5. The van der Waals surface area contributed by atoms with E-state index < -0.39 is 9.05 Å². The van der Waals surface area contributed by atoms with Gasteiger partial charge in [-0.15, -0.1) is 0 Å². The van der Waals surface area contributed by atoms with Crippen LogP contribution in [-0.4, -0.2) is 26.9 Å². The van der Waals surface area contributed by atoms with Crippen LogP contribution >= 0.6 is 10.7 Å². The van der Waals surface area contributed by atoms with Crippen molar-refractivity contribution in [2.24, 2.45) is 5.92 Å². The fourth-order valence-electron chi connectivity index (χ4n) is 0.745. The quantitative estimate of drug-likeness (QED) is 0.654. The molecule has 0 saturated heterocycles. The van der Waals surface area contributed by atoms with Gasteiger partial charge in [-0.25, -0.2) is 8.42 Å². The molecule has 0 aromatic carbocycles. The van der Waals surface area contributed by atoms with Gasteiger partial charge < -0.3 is 4.74 Å². The number of hydrogen-bond donors (Lipinski definition) is 0. The van der Waals surface area contributed by atoms with Gasteiger partial charge in [-0.3, -0.25) is 0 Å². The van der Waals surface area contributed by atoms with Gasteiger partial charge >= 0.3 is 0 Å². The Bertz CT molecular complexity index is 211. The van der Waals surface area contributed by atoms with E-state index in [1.807, 2.05) is 13.8 Å². The standard InChI is InChI=1S/C7H15ClO3S/c1-6(2)11-4-7(3)5-12(8,9)10/h6-7H,4-5H2,1-3H3. The highest BCUT2D eigenvalue weighted by atomic mass is 35.7. The van der Waals surface area contributed by atoms with Crippen molar-refractivity contribution in [1.29, 1.82) is 0 Å². The zero-order chi connectivity index (χ0) is 9.78. The summed E-state index contributed by atoms with van der Waals surface area (Å²) in [5.41, 5.74) is 0. The zero-order valence-corrected chi connectivity index (χ0v) is 9.15. The Balaban J connectivity index is 3.68. The number of halogens is 1. The molecule has 0 heterocycles. The summed E-state index contributed by atoms with van der Waals surface area (Å²) in [6.07, 6.45) is 0.130. The second kappa shape index (κ2) is 5.04. The summed E-state index contributed by atoms with van der Waals surface area (Å²) in [7, 11) is 1.68. The Morgan fingerprint density at radius 3 is 2.17 bits per heavy atom. The molecular formula is C7H15ClO3S. The molecule has 0 radical (unpaired) electrons. The van der Waals surface area contributed by atoms with E-state index in [0.29, 0.717) is 6.61 Å². The molecule has 0 rings (SSSR count). The molecule has 1 atom stereocenters. The third-order valence-corrected chi connectivity index (χ3v) is 2.54. The first kappa shape index (κ1) is 12.2. The summed E-state index contributed by atoms with van der Waals surface area (Å²) < 4.78 is 26.4. The van der Waals surface area contributed by atoms with Crippen LogP contribution in [0.3, 0.4) is 0 Å². The van der Waals surface area contributed by atoms with Crippen LogP contribution in [-0.2, 0) is 13.8 Å². The van der Waals surface area contributed by atoms with Crippen LogP contribution in [0.25, 0.3) is 0 Å². The molecule has 0 aromatic rings. The molecule has 0 aliphatic carbocycles. The molecule has 0 amide bonds. The molecule has 0 spiro atoms. The average Bonchev–Trinajstić information content (AvgIpc) is 1.79. The SMILES string of the molecule is CC(COC(C)C)CS(=O)(=O)Cl. The maximum absolute atomic E-state index is 10.6. The number of ether oxygens (including phenoxy) is 1. The van der Waals surface area contributed by atoms with Crippen LogP contribution in [0.4, 0.5) is 0 Å². The highest BCUT2D eigenvalue weighted by molar-refractivity contribution is 8.13. The maximum atomic E-state index is 10.6. The van der Waals surface area contributed by atoms with Crippen LogP contribution in [0.2, 0.25) is 0 Å². The molecular weight excluding hydrogens is 200 g/mol. The first-order chi connectivity index (χ1) is 5.31. The Morgan fingerprint density at radius 1 is 1.33 bits per heavy atom. The van der Waals surface area contributed by atoms with Gasteiger partial charge in [0.1, 0.15) is 0 Å². The largest absolute Gasteiger partial charge is 0.378 e. The lowest BCUT2D eigenvalue weighted by molar-refractivity contribution is 0.0599. The molecule has 0 fully saturated rings. The first-order valence-electron chi connectivity index (χ1n) is 3.85. The van der Waals surface area contributed by atoms with E-state index in [2.05, 4.69) is 0 Å². The van der Waals surface area contributed by atoms with Crippen molar-refractivity contribution < 1.29 is 13.2 Å². The minimum atomic E-state index is -3.38. The van der Waals surface area contributed by atoms with E-state index in [4.69, 9.17) is 15.4 Å². The summed E-state index contributed by atoms with van der Waals surface area (Å²) in [5, 5.41) is 0. The van der Waals surface area contributed by atoms with Crippen molar-refractivity contribution in [3.8, 4) is 0 Å². The lowest BCUT2D eigenvalue weighted by Crippen LogP contribution is -2.17. The number of hydrogen-bond acceptors (Lipinski definition) is 3. The maximum Gasteiger partial charge on any atom is 0.232 e. The smallest absolute Gasteiger partial charge is 0.232 e. The third-order valence-electron chi connectivity index (χ3n) is 1.20. The van der Waals surface area contributed by atoms with E-state index in [9.17, 15) is 8.42 Å². The highest BCUT2D eigenvalue weighted by Gasteiger charge is 2.12. The molecule has 74 valence electrons. The predicted octanol–water partition coefficient (Wildman–Crippen LogP) is 1.62. The fraction of sp³-hybridized carbons (Fsp3) is 1.00. The summed E-state index contributed by atoms with van der Waals surface area (Å²) in [4.78, 5) is 0. The Labute approximate surface area is 78.5 Å². The summed E-state index contributed by atoms with van der Waals surface area (Å²) in [5.74, 6) is -0.0729. The lowest BCUT2D eigenvalue weighted by atomic mass is 10.2. The molecule has 0 aliphatic heterocycles. The fourth-order valence-corrected chi connectivity index (χ4v) is 2.17. The zero-order valence-electron chi connectivity index (χ0n) is 7.58. The topological polar surface area (TPSA) is 43.4 Å². The van der Waals surface area contributed by atoms with E-state index in [-0.39, 0.29) is 17.8 Å². The second-order valence-corrected chi connectivity index (χ2v) is 6.01. The van der Waals surface area contributed by atoms with Gasteiger partial charge in [-0.2, -0.15) is 0 Å². The van der Waals surface area contributed by atoms with E-state index in [0.717, 1.165) is 0 Å². The van der Waals surface area contributed by atoms with E-state index >= 15 is 0 Å². The Kier molecular flexibility index (Phi) is 5.13. The van der Waals surface area contributed by atoms with Gasteiger partial charge in [-0.05, 0) is 19.8 Å². The molecule has 1 unspecified atom stereocenters. The van der Waals surface area contributed by atoms with Gasteiger partial charge in [0.2, 0.25) is 9.05 Å². The second-order valence-electron chi connectivity index (χ2n) is 3.19. The van der Waals surface area contributed by atoms with Gasteiger partial charge in [0, 0.05) is 10.7 Å². The van der Waals surface area contributed by atoms with Crippen molar-refractivity contribution in [1.82, 2.24) is 0 Å². The molecule has 0 N–H and O–H groups in total. The predicted molar refractivity (Wildman–Crippen MR) is 49.9 cm³/mol. The van der Waals surface area contributed by atoms with Crippen molar-refractivity contribution in [2.45, 2.75) is 26.9 Å². The highest BCUT2D eigenvalue weighted by Crippen LogP contribution is 2.06. The van der Waals surface area contributed by atoms with Crippen LogP contribution < -0.4 is 0 Å². The van der Waals surface area contributed by atoms with Crippen molar-refractivity contribution >= 4 is 19.7 Å². The van der Waals surface area contributed by atoms with Gasteiger partial charge in [-0.1, -0.05) is 6.92 Å². The molecule has 0 aromatic heterocycles. The summed E-state index contributed by atoms with van der Waals surface area (Å²) in [6.45, 7) is 6.04. The molecule has 0 saturated carbocycles. The summed E-state index contributed by atoms with van der Waals surface area (Å²) >= 11 is 0. The molecule has 0 bridgehead atoms. The van der Waals surface area contributed by atoms with Gasteiger partial charge in [0.25, 0.3) is 0 Å². The average molecular weight is 215 g/mol. The van der Waals surface area contributed by atoms with E-state index in [1.54, 1.807) is 6.92 Å². The van der Waals surface area contributed by atoms with Crippen molar-refractivity contribution in [3.63, 3.8) is 0 Å². The lowest BCUT2D eigenvalue weighted by Gasteiger charge is -2.12. The van der Waals surface area contributed by atoms with Gasteiger partial charge in [0.05, 0.1) is 18.5 Å². The molecule has 3 nitrogen and oxygen atoms in total. The summed E-state index contributed by atoms with van der Waals surface area (Å²) in [6, 6.07) is 0. The van der Waals surface area contributed by atoms with Crippen LogP contribution in [0, 0.1) is 5.92 Å². The molecule has 12 heavy (non-hydrogen) atoms. The Morgan fingerprint density at radius 2 is 1.83 bits per heavy atom. The van der Waals surface area contributed by atoms with Gasteiger partial charge in [0.15, 0.2) is 0 Å². The monoisotopic (exact) mass is 214 g/mol. The minimum absolute atomic E-state index is 0.0265. The van der Waals surface area contributed by atoms with Crippen LogP contribution in [0.15, 0.2) is 0 Å². The van der Waals surface area contributed by atoms with Crippen molar-refractivity contribution in [2.75, 3.05) is 12.4 Å². The molecule has 5 heteroatoms. The van der Waals surface area contributed by atoms with E-state index in [1.165, 1.54) is 0 Å².